The Morgan fingerprint density at radius 1 is 1.26 bits per heavy atom. The van der Waals surface area contributed by atoms with E-state index in [-0.39, 0.29) is 42.5 Å². The van der Waals surface area contributed by atoms with E-state index in [0.29, 0.717) is 5.96 Å². The highest BCUT2D eigenvalue weighted by Gasteiger charge is 2.14. The Balaban J connectivity index is 0.00000484. The van der Waals surface area contributed by atoms with Crippen molar-refractivity contribution in [2.24, 2.45) is 4.99 Å². The minimum absolute atomic E-state index is 0. The van der Waals surface area contributed by atoms with Gasteiger partial charge in [0.05, 0.1) is 6.10 Å². The maximum Gasteiger partial charge on any atom is 0.243 e. The number of halogens is 1. The zero-order valence-corrected chi connectivity index (χ0v) is 17.1. The molecule has 0 radical (unpaired) electrons. The van der Waals surface area contributed by atoms with Crippen molar-refractivity contribution in [2.75, 3.05) is 40.3 Å². The number of nitrogens with one attached hydrogen (secondary N) is 2. The van der Waals surface area contributed by atoms with Crippen LogP contribution in [0.1, 0.15) is 45.4 Å². The van der Waals surface area contributed by atoms with Gasteiger partial charge in [-0.05, 0) is 25.7 Å². The van der Waals surface area contributed by atoms with E-state index in [9.17, 15) is 4.79 Å². The minimum Gasteiger partial charge on any atom is -0.376 e. The molecule has 6 nitrogen and oxygen atoms in total. The molecular weight excluding hydrogens is 407 g/mol. The number of carbonyl (C=O) groups is 1. The number of nitrogens with zero attached hydrogens (tertiary/aromatic N) is 2. The summed E-state index contributed by atoms with van der Waals surface area (Å²) in [5, 5.41) is 6.60. The first-order valence-electron chi connectivity index (χ1n) is 8.47. The fraction of sp³-hybridized carbons (Fsp3) is 0.875. The number of ether oxygens (including phenoxy) is 1. The quantitative estimate of drug-likeness (QED) is 0.262. The Kier molecular flexibility index (Phi) is 13.5. The second-order valence-corrected chi connectivity index (χ2v) is 5.96. The Hall–Kier alpha value is -0.570. The molecule has 136 valence electrons. The highest BCUT2D eigenvalue weighted by molar-refractivity contribution is 14.0. The summed E-state index contributed by atoms with van der Waals surface area (Å²) in [6.07, 6.45) is 7.22. The number of likely N-dealkylation sites (N-methyl/N-ethyl adjacent to an activating group) is 1. The predicted octanol–water partition coefficient (Wildman–Crippen LogP) is 1.99. The number of rotatable bonds is 8. The van der Waals surface area contributed by atoms with Crippen molar-refractivity contribution in [3.05, 3.63) is 0 Å². The highest BCUT2D eigenvalue weighted by Crippen LogP contribution is 2.11. The van der Waals surface area contributed by atoms with Gasteiger partial charge in [0.25, 0.3) is 0 Å². The van der Waals surface area contributed by atoms with Gasteiger partial charge in [-0.25, -0.2) is 4.99 Å². The lowest BCUT2D eigenvalue weighted by molar-refractivity contribution is -0.127. The number of amides is 1. The summed E-state index contributed by atoms with van der Waals surface area (Å²) < 4.78 is 5.71. The predicted molar refractivity (Wildman–Crippen MR) is 106 cm³/mol. The number of carbonyl (C=O) groups excluding carboxylic acids is 1. The molecule has 1 aliphatic rings. The summed E-state index contributed by atoms with van der Waals surface area (Å²) in [6, 6.07) is 0. The van der Waals surface area contributed by atoms with Crippen LogP contribution in [0.5, 0.6) is 0 Å². The van der Waals surface area contributed by atoms with E-state index in [1.807, 2.05) is 0 Å². The van der Waals surface area contributed by atoms with Crippen LogP contribution < -0.4 is 10.6 Å². The summed E-state index contributed by atoms with van der Waals surface area (Å²) in [5.74, 6) is 0.712. The minimum atomic E-state index is 0. The van der Waals surface area contributed by atoms with Crippen LogP contribution in [-0.2, 0) is 9.53 Å². The molecule has 0 aromatic heterocycles. The normalized spacial score (nSPS) is 18.0. The van der Waals surface area contributed by atoms with Crippen LogP contribution in [0.4, 0.5) is 0 Å². The lowest BCUT2D eigenvalue weighted by Crippen LogP contribution is -2.43. The number of aliphatic imine (C=N–C) groups is 1. The van der Waals surface area contributed by atoms with E-state index in [1.165, 1.54) is 19.3 Å². The molecule has 0 spiro atoms. The van der Waals surface area contributed by atoms with Crippen molar-refractivity contribution < 1.29 is 9.53 Å². The monoisotopic (exact) mass is 440 g/mol. The molecular formula is C16H33IN4O2. The first-order valence-corrected chi connectivity index (χ1v) is 8.47. The SMILES string of the molecule is CCCCCNC(=NCC(=O)N(C)C)NCC1CCCCO1.I. The number of guanidine groups is 1. The van der Waals surface area contributed by atoms with Gasteiger partial charge in [-0.3, -0.25) is 4.79 Å². The molecule has 23 heavy (non-hydrogen) atoms. The van der Waals surface area contributed by atoms with E-state index in [0.717, 1.165) is 39.0 Å². The summed E-state index contributed by atoms with van der Waals surface area (Å²) in [7, 11) is 3.49. The van der Waals surface area contributed by atoms with Crippen molar-refractivity contribution in [3.63, 3.8) is 0 Å². The molecule has 7 heteroatoms. The summed E-state index contributed by atoms with van der Waals surface area (Å²) in [5.41, 5.74) is 0. The third-order valence-corrected chi connectivity index (χ3v) is 3.72. The van der Waals surface area contributed by atoms with Crippen LogP contribution in [0.2, 0.25) is 0 Å². The molecule has 0 bridgehead atoms. The Morgan fingerprint density at radius 3 is 2.65 bits per heavy atom. The molecule has 0 aliphatic carbocycles. The van der Waals surface area contributed by atoms with Gasteiger partial charge in [0, 0.05) is 33.8 Å². The second kappa shape index (κ2) is 13.8. The zero-order chi connectivity index (χ0) is 16.2. The van der Waals surface area contributed by atoms with Crippen LogP contribution in [0.15, 0.2) is 4.99 Å². The average molecular weight is 440 g/mol. The second-order valence-electron chi connectivity index (χ2n) is 5.96. The van der Waals surface area contributed by atoms with Gasteiger partial charge in [-0.1, -0.05) is 19.8 Å². The first-order chi connectivity index (χ1) is 10.6. The molecule has 1 rings (SSSR count). The summed E-state index contributed by atoms with van der Waals surface area (Å²) in [4.78, 5) is 17.6. The van der Waals surface area contributed by atoms with Crippen LogP contribution in [0.25, 0.3) is 0 Å². The molecule has 0 aromatic rings. The topological polar surface area (TPSA) is 66.0 Å². The van der Waals surface area contributed by atoms with Crippen molar-refractivity contribution in [3.8, 4) is 0 Å². The smallest absolute Gasteiger partial charge is 0.243 e. The van der Waals surface area contributed by atoms with Gasteiger partial charge < -0.3 is 20.3 Å². The number of hydrogen-bond acceptors (Lipinski definition) is 3. The van der Waals surface area contributed by atoms with Gasteiger partial charge >= 0.3 is 0 Å². The lowest BCUT2D eigenvalue weighted by Gasteiger charge is -2.24. The van der Waals surface area contributed by atoms with E-state index >= 15 is 0 Å². The summed E-state index contributed by atoms with van der Waals surface area (Å²) >= 11 is 0. The largest absolute Gasteiger partial charge is 0.376 e. The standard InChI is InChI=1S/C16H32N4O2.HI/c1-4-5-7-10-17-16(19-13-15(21)20(2)3)18-12-14-9-6-8-11-22-14;/h14H,4-13H2,1-3H3,(H2,17,18,19);1H. The van der Waals surface area contributed by atoms with Gasteiger partial charge in [0.1, 0.15) is 6.54 Å². The zero-order valence-electron chi connectivity index (χ0n) is 14.8. The molecule has 2 N–H and O–H groups in total. The Bertz CT molecular complexity index is 345. The molecule has 1 aliphatic heterocycles. The lowest BCUT2D eigenvalue weighted by atomic mass is 10.1. The van der Waals surface area contributed by atoms with Crippen molar-refractivity contribution in [1.82, 2.24) is 15.5 Å². The molecule has 1 atom stereocenters. The fourth-order valence-corrected chi connectivity index (χ4v) is 2.22. The Morgan fingerprint density at radius 2 is 2.04 bits per heavy atom. The first kappa shape index (κ1) is 22.4. The van der Waals surface area contributed by atoms with E-state index in [1.54, 1.807) is 19.0 Å². The molecule has 1 heterocycles. The number of hydrogen-bond donors (Lipinski definition) is 2. The van der Waals surface area contributed by atoms with Gasteiger partial charge in [-0.2, -0.15) is 0 Å². The van der Waals surface area contributed by atoms with E-state index in [4.69, 9.17) is 4.74 Å². The van der Waals surface area contributed by atoms with Crippen molar-refractivity contribution >= 4 is 35.8 Å². The van der Waals surface area contributed by atoms with Crippen LogP contribution in [-0.4, -0.2) is 63.2 Å². The fourth-order valence-electron chi connectivity index (χ4n) is 2.22. The Labute approximate surface area is 157 Å². The number of unbranched alkanes of at least 4 members (excludes halogenated alkanes) is 2. The molecule has 1 saturated heterocycles. The van der Waals surface area contributed by atoms with Gasteiger partial charge in [0.2, 0.25) is 5.91 Å². The summed E-state index contributed by atoms with van der Waals surface area (Å²) in [6.45, 7) is 4.82. The van der Waals surface area contributed by atoms with Crippen LogP contribution >= 0.6 is 24.0 Å². The van der Waals surface area contributed by atoms with Crippen molar-refractivity contribution in [2.45, 2.75) is 51.6 Å². The molecule has 1 amide bonds. The molecule has 0 saturated carbocycles. The third-order valence-electron chi connectivity index (χ3n) is 3.72. The van der Waals surface area contributed by atoms with Gasteiger partial charge in [0.15, 0.2) is 5.96 Å². The molecule has 0 aromatic carbocycles. The van der Waals surface area contributed by atoms with Crippen LogP contribution in [0.3, 0.4) is 0 Å². The maximum absolute atomic E-state index is 11.7. The average Bonchev–Trinajstić information content (AvgIpc) is 2.53. The van der Waals surface area contributed by atoms with Gasteiger partial charge in [-0.15, -0.1) is 24.0 Å². The maximum atomic E-state index is 11.7. The van der Waals surface area contributed by atoms with E-state index in [2.05, 4.69) is 22.5 Å². The molecule has 1 unspecified atom stereocenters. The highest BCUT2D eigenvalue weighted by atomic mass is 127. The third kappa shape index (κ3) is 10.8. The van der Waals surface area contributed by atoms with E-state index < -0.39 is 0 Å². The van der Waals surface area contributed by atoms with Crippen LogP contribution in [0, 0.1) is 0 Å². The van der Waals surface area contributed by atoms with Crippen molar-refractivity contribution in [1.29, 1.82) is 0 Å². The molecule has 1 fully saturated rings.